The van der Waals surface area contributed by atoms with E-state index < -0.39 is 5.41 Å². The molecule has 0 saturated heterocycles. The minimum atomic E-state index is -0.644. The van der Waals surface area contributed by atoms with Crippen LogP contribution < -0.4 is 4.90 Å². The van der Waals surface area contributed by atoms with Crippen molar-refractivity contribution in [2.24, 2.45) is 0 Å². The van der Waals surface area contributed by atoms with Gasteiger partial charge in [-0.1, -0.05) is 176 Å². The van der Waals surface area contributed by atoms with Crippen molar-refractivity contribution in [3.05, 3.63) is 247 Å². The van der Waals surface area contributed by atoms with E-state index in [-0.39, 0.29) is 0 Å². The minimum absolute atomic E-state index is 0.644. The van der Waals surface area contributed by atoms with Gasteiger partial charge in [0.05, 0.1) is 16.5 Å². The lowest BCUT2D eigenvalue weighted by molar-refractivity contribution is 0.669. The normalized spacial score (nSPS) is 14.6. The van der Waals surface area contributed by atoms with Crippen LogP contribution in [0.5, 0.6) is 0 Å². The molecule has 1 spiro atoms. The summed E-state index contributed by atoms with van der Waals surface area (Å²) in [4.78, 5) is 2.45. The van der Waals surface area contributed by atoms with Gasteiger partial charge >= 0.3 is 0 Å². The van der Waals surface area contributed by atoms with Crippen molar-refractivity contribution in [3.8, 4) is 44.5 Å². The molecule has 2 nitrogen and oxygen atoms in total. The van der Waals surface area contributed by atoms with Gasteiger partial charge in [0.15, 0.2) is 0 Å². The van der Waals surface area contributed by atoms with E-state index in [1.54, 1.807) is 0 Å². The molecule has 1 atom stereocenters. The van der Waals surface area contributed by atoms with Crippen molar-refractivity contribution in [1.82, 2.24) is 0 Å². The number of rotatable bonds is 4. The molecule has 0 N–H and O–H groups in total. The van der Waals surface area contributed by atoms with Crippen molar-refractivity contribution in [3.63, 3.8) is 0 Å². The maximum Gasteiger partial charge on any atom is 0.137 e. The van der Waals surface area contributed by atoms with Gasteiger partial charge in [-0.15, -0.1) is 11.3 Å². The van der Waals surface area contributed by atoms with Crippen LogP contribution in [-0.4, -0.2) is 0 Å². The second kappa shape index (κ2) is 13.5. The van der Waals surface area contributed by atoms with E-state index in [0.717, 1.165) is 39.0 Å². The third-order valence-corrected chi connectivity index (χ3v) is 15.1. The Kier molecular flexibility index (Phi) is 7.51. The van der Waals surface area contributed by atoms with Crippen molar-refractivity contribution in [2.75, 3.05) is 4.90 Å². The smallest absolute Gasteiger partial charge is 0.137 e. The highest BCUT2D eigenvalue weighted by Gasteiger charge is 2.50. The number of nitrogens with zero attached hydrogens (tertiary/aromatic N) is 1. The Labute approximate surface area is 374 Å². The molecule has 0 saturated carbocycles. The number of fused-ring (bicyclic) bond motifs is 19. The van der Waals surface area contributed by atoms with Crippen LogP contribution in [0.1, 0.15) is 22.3 Å². The molecule has 64 heavy (non-hydrogen) atoms. The Bertz CT molecular complexity index is 3860. The van der Waals surface area contributed by atoms with E-state index >= 15 is 0 Å². The molecule has 0 aliphatic heterocycles. The lowest BCUT2D eigenvalue weighted by Gasteiger charge is -2.36. The molecular formula is C61H37NOS. The molecule has 2 aliphatic rings. The molecule has 14 rings (SSSR count). The molecule has 2 heterocycles. The fourth-order valence-corrected chi connectivity index (χ4v) is 12.5. The SMILES string of the molecule is c1ccc(-c2ccc(N(c3ccc4c(c3)C3(c5ccccc5-c5ccccc5-4)c4ccccc4-c4c3ccc3c4sc4ccccc43)c3cccc4oc5ccccc5c34)cc2)cc1. The van der Waals surface area contributed by atoms with Gasteiger partial charge in [-0.05, 0) is 110 Å². The largest absolute Gasteiger partial charge is 0.456 e. The second-order valence-electron chi connectivity index (χ2n) is 17.1. The first-order valence-electron chi connectivity index (χ1n) is 22.0. The minimum Gasteiger partial charge on any atom is -0.456 e. The number of hydrogen-bond acceptors (Lipinski definition) is 3. The van der Waals surface area contributed by atoms with E-state index in [9.17, 15) is 0 Å². The summed E-state index contributed by atoms with van der Waals surface area (Å²) in [6.45, 7) is 0. The summed E-state index contributed by atoms with van der Waals surface area (Å²) in [5, 5.41) is 4.82. The molecule has 298 valence electrons. The zero-order valence-electron chi connectivity index (χ0n) is 34.6. The summed E-state index contributed by atoms with van der Waals surface area (Å²) < 4.78 is 9.22. The Morgan fingerprint density at radius 3 is 1.80 bits per heavy atom. The summed E-state index contributed by atoms with van der Waals surface area (Å²) in [6, 6.07) is 83.0. The van der Waals surface area contributed by atoms with Gasteiger partial charge in [0.25, 0.3) is 0 Å². The Balaban J connectivity index is 1.11. The lowest BCUT2D eigenvalue weighted by Crippen LogP contribution is -2.29. The fourth-order valence-electron chi connectivity index (χ4n) is 11.3. The van der Waals surface area contributed by atoms with Gasteiger partial charge in [0, 0.05) is 42.5 Å². The Hall–Kier alpha value is -7.98. The van der Waals surface area contributed by atoms with Crippen LogP contribution in [0.4, 0.5) is 17.1 Å². The standard InChI is InChI=1S/C61H37NOS/c1-2-15-38(16-3-1)39-29-31-40(32-30-39)62(54-25-14-27-56-59(54)49-22-8-12-26-55(49)63-56)41-33-34-45-43-18-5-4-17-42(43)44-19-6-10-23-50(44)61(53(45)37-41)51-24-11-7-21-48(51)58-52(61)36-35-47-46-20-9-13-28-57(46)64-60(47)58/h1-37H. The third kappa shape index (κ3) is 4.85. The quantitative estimate of drug-likeness (QED) is 0.176. The molecule has 10 aromatic carbocycles. The van der Waals surface area contributed by atoms with E-state index in [2.05, 4.69) is 229 Å². The first-order valence-corrected chi connectivity index (χ1v) is 22.8. The molecule has 0 amide bonds. The number of anilines is 3. The number of benzene rings is 10. The molecule has 1 unspecified atom stereocenters. The van der Waals surface area contributed by atoms with E-state index in [0.29, 0.717) is 0 Å². The first-order chi connectivity index (χ1) is 31.8. The van der Waals surface area contributed by atoms with Crippen LogP contribution in [-0.2, 0) is 5.41 Å². The van der Waals surface area contributed by atoms with Crippen LogP contribution in [0.25, 0.3) is 86.6 Å². The van der Waals surface area contributed by atoms with Crippen LogP contribution in [0.3, 0.4) is 0 Å². The maximum atomic E-state index is 6.56. The highest BCUT2D eigenvalue weighted by molar-refractivity contribution is 7.26. The maximum absolute atomic E-state index is 6.56. The zero-order valence-corrected chi connectivity index (χ0v) is 35.4. The van der Waals surface area contributed by atoms with E-state index in [1.807, 2.05) is 11.3 Å². The monoisotopic (exact) mass is 831 g/mol. The van der Waals surface area contributed by atoms with Gasteiger partial charge in [-0.2, -0.15) is 0 Å². The highest BCUT2D eigenvalue weighted by Crippen LogP contribution is 2.64. The lowest BCUT2D eigenvalue weighted by atomic mass is 9.65. The van der Waals surface area contributed by atoms with Crippen LogP contribution in [0.2, 0.25) is 0 Å². The third-order valence-electron chi connectivity index (χ3n) is 13.9. The number of para-hydroxylation sites is 1. The first kappa shape index (κ1) is 35.6. The summed E-state index contributed by atoms with van der Waals surface area (Å²) in [5.74, 6) is 0. The van der Waals surface area contributed by atoms with E-state index in [1.165, 1.54) is 86.9 Å². The average Bonchev–Trinajstić information content (AvgIpc) is 4.01. The predicted molar refractivity (Wildman–Crippen MR) is 268 cm³/mol. The summed E-state index contributed by atoms with van der Waals surface area (Å²) in [7, 11) is 0. The number of furan rings is 1. The molecule has 0 bridgehead atoms. The molecule has 0 fully saturated rings. The molecule has 12 aromatic rings. The molecular weight excluding hydrogens is 795 g/mol. The van der Waals surface area contributed by atoms with Gasteiger partial charge in [0.1, 0.15) is 11.2 Å². The van der Waals surface area contributed by atoms with Gasteiger partial charge in [-0.3, -0.25) is 0 Å². The van der Waals surface area contributed by atoms with Crippen molar-refractivity contribution < 1.29 is 4.42 Å². The number of thiophene rings is 1. The Morgan fingerprint density at radius 2 is 0.984 bits per heavy atom. The van der Waals surface area contributed by atoms with Crippen LogP contribution >= 0.6 is 11.3 Å². The van der Waals surface area contributed by atoms with E-state index in [4.69, 9.17) is 4.42 Å². The molecule has 3 heteroatoms. The van der Waals surface area contributed by atoms with Gasteiger partial charge < -0.3 is 9.32 Å². The highest BCUT2D eigenvalue weighted by atomic mass is 32.1. The second-order valence-corrected chi connectivity index (χ2v) is 18.1. The number of hydrogen-bond donors (Lipinski definition) is 0. The summed E-state index contributed by atoms with van der Waals surface area (Å²) in [6.07, 6.45) is 0. The topological polar surface area (TPSA) is 16.4 Å². The van der Waals surface area contributed by atoms with Crippen LogP contribution in [0, 0.1) is 0 Å². The predicted octanol–water partition coefficient (Wildman–Crippen LogP) is 17.1. The average molecular weight is 832 g/mol. The molecule has 2 aromatic heterocycles. The zero-order chi connectivity index (χ0) is 41.9. The fraction of sp³-hybridized carbons (Fsp3) is 0.0164. The van der Waals surface area contributed by atoms with Crippen molar-refractivity contribution in [2.45, 2.75) is 5.41 Å². The summed E-state index contributed by atoms with van der Waals surface area (Å²) >= 11 is 1.92. The molecule has 2 aliphatic carbocycles. The summed E-state index contributed by atoms with van der Waals surface area (Å²) in [5.41, 5.74) is 19.5. The Morgan fingerprint density at radius 1 is 0.375 bits per heavy atom. The van der Waals surface area contributed by atoms with Crippen molar-refractivity contribution >= 4 is 70.5 Å². The van der Waals surface area contributed by atoms with Crippen LogP contribution in [0.15, 0.2) is 229 Å². The van der Waals surface area contributed by atoms with Crippen molar-refractivity contribution in [1.29, 1.82) is 0 Å². The van der Waals surface area contributed by atoms with Gasteiger partial charge in [-0.25, -0.2) is 0 Å². The molecule has 0 radical (unpaired) electrons. The van der Waals surface area contributed by atoms with Gasteiger partial charge in [0.2, 0.25) is 0 Å².